The number of carboxylic acid groups (broad SMARTS) is 1. The summed E-state index contributed by atoms with van der Waals surface area (Å²) in [4.78, 5) is 14.3. The van der Waals surface area contributed by atoms with E-state index < -0.39 is 11.7 Å². The Morgan fingerprint density at radius 2 is 2.00 bits per heavy atom. The van der Waals surface area contributed by atoms with Crippen molar-refractivity contribution in [2.75, 3.05) is 0 Å². The van der Waals surface area contributed by atoms with Gasteiger partial charge in [0, 0.05) is 5.39 Å². The average Bonchev–Trinajstić information content (AvgIpc) is 2.16. The third-order valence-corrected chi connectivity index (χ3v) is 1.90. The van der Waals surface area contributed by atoms with E-state index in [4.69, 9.17) is 0 Å². The molecular weight excluding hydrogens is 221 g/mol. The van der Waals surface area contributed by atoms with E-state index in [9.17, 15) is 15.0 Å². The molecule has 0 bridgehead atoms. The second-order valence-corrected chi connectivity index (χ2v) is 2.84. The van der Waals surface area contributed by atoms with E-state index in [1.807, 2.05) is 0 Å². The Labute approximate surface area is 128 Å². The molecule has 0 aliphatic heterocycles. The number of nitrogens with zero attached hydrogens (tertiary/aromatic N) is 1. The SMILES string of the molecule is O=C([O-])c1nc2ccccc2cc1O.[K+]. The molecule has 2 aromatic rings. The van der Waals surface area contributed by atoms with Gasteiger partial charge in [-0.15, -0.1) is 0 Å². The zero-order valence-corrected chi connectivity index (χ0v) is 11.2. The number of aromatic carboxylic acids is 1. The number of carbonyl (C=O) groups is 1. The maximum Gasteiger partial charge on any atom is 1.00 e. The summed E-state index contributed by atoms with van der Waals surface area (Å²) in [5.74, 6) is -1.85. The van der Waals surface area contributed by atoms with Crippen LogP contribution in [-0.4, -0.2) is 16.1 Å². The minimum absolute atomic E-state index is 0. The normalized spacial score (nSPS) is 9.60. The zero-order chi connectivity index (χ0) is 10.1. The summed E-state index contributed by atoms with van der Waals surface area (Å²) >= 11 is 0. The first-order chi connectivity index (χ1) is 6.68. The number of aromatic hydroxyl groups is 1. The van der Waals surface area contributed by atoms with Gasteiger partial charge in [-0.1, -0.05) is 18.2 Å². The Morgan fingerprint density at radius 3 is 2.67 bits per heavy atom. The van der Waals surface area contributed by atoms with Crippen LogP contribution in [0.5, 0.6) is 5.75 Å². The number of hydrogen-bond acceptors (Lipinski definition) is 4. The minimum atomic E-state index is -1.48. The van der Waals surface area contributed by atoms with Crippen molar-refractivity contribution < 1.29 is 66.4 Å². The van der Waals surface area contributed by atoms with E-state index in [2.05, 4.69) is 4.98 Å². The summed E-state index contributed by atoms with van der Waals surface area (Å²) in [7, 11) is 0. The quantitative estimate of drug-likeness (QED) is 0.538. The first-order valence-corrected chi connectivity index (χ1v) is 3.98. The van der Waals surface area contributed by atoms with E-state index in [0.29, 0.717) is 10.9 Å². The average molecular weight is 227 g/mol. The monoisotopic (exact) mass is 227 g/mol. The van der Waals surface area contributed by atoms with Crippen molar-refractivity contribution in [2.24, 2.45) is 0 Å². The third-order valence-electron chi connectivity index (χ3n) is 1.90. The van der Waals surface area contributed by atoms with Gasteiger partial charge >= 0.3 is 51.4 Å². The molecule has 70 valence electrons. The number of para-hydroxylation sites is 1. The molecule has 4 nitrogen and oxygen atoms in total. The van der Waals surface area contributed by atoms with Crippen molar-refractivity contribution in [3.05, 3.63) is 36.0 Å². The Morgan fingerprint density at radius 1 is 1.33 bits per heavy atom. The molecule has 0 atom stereocenters. The molecule has 1 N–H and O–H groups in total. The summed E-state index contributed by atoms with van der Waals surface area (Å²) in [6.07, 6.45) is 0. The molecule has 15 heavy (non-hydrogen) atoms. The van der Waals surface area contributed by atoms with Crippen LogP contribution in [0.25, 0.3) is 10.9 Å². The second kappa shape index (κ2) is 5.04. The number of carboxylic acids is 1. The Kier molecular flexibility index (Phi) is 4.24. The molecule has 2 rings (SSSR count). The largest absolute Gasteiger partial charge is 1.00 e. The number of fused-ring (bicyclic) bond motifs is 1. The Hall–Kier alpha value is -0.464. The van der Waals surface area contributed by atoms with Gasteiger partial charge in [0.05, 0.1) is 11.5 Å². The van der Waals surface area contributed by atoms with E-state index in [-0.39, 0.29) is 57.1 Å². The minimum Gasteiger partial charge on any atom is -0.543 e. The predicted molar refractivity (Wildman–Crippen MR) is 47.7 cm³/mol. The number of benzene rings is 1. The molecule has 0 aliphatic carbocycles. The molecule has 0 amide bonds. The predicted octanol–water partition coefficient (Wildman–Crippen LogP) is -2.69. The fourth-order valence-corrected chi connectivity index (χ4v) is 1.25. The van der Waals surface area contributed by atoms with Gasteiger partial charge < -0.3 is 15.0 Å². The van der Waals surface area contributed by atoms with Crippen LogP contribution >= 0.6 is 0 Å². The summed E-state index contributed by atoms with van der Waals surface area (Å²) in [5.41, 5.74) is 0.0909. The summed E-state index contributed by atoms with van der Waals surface area (Å²) < 4.78 is 0. The van der Waals surface area contributed by atoms with Gasteiger partial charge in [-0.05, 0) is 12.1 Å². The number of pyridine rings is 1. The smallest absolute Gasteiger partial charge is 0.543 e. The molecule has 5 heteroatoms. The number of rotatable bonds is 1. The third kappa shape index (κ3) is 2.56. The first kappa shape index (κ1) is 12.6. The van der Waals surface area contributed by atoms with Gasteiger partial charge in [-0.2, -0.15) is 0 Å². The van der Waals surface area contributed by atoms with Crippen molar-refractivity contribution in [2.45, 2.75) is 0 Å². The van der Waals surface area contributed by atoms with E-state index in [0.717, 1.165) is 0 Å². The number of carbonyl (C=O) groups excluding carboxylic acids is 1. The van der Waals surface area contributed by atoms with Gasteiger partial charge in [0.15, 0.2) is 0 Å². The molecule has 1 aromatic carbocycles. The molecule has 0 radical (unpaired) electrons. The summed E-state index contributed by atoms with van der Waals surface area (Å²) in [5, 5.41) is 20.5. The number of hydrogen-bond donors (Lipinski definition) is 1. The van der Waals surface area contributed by atoms with Crippen LogP contribution in [-0.2, 0) is 0 Å². The molecule has 0 fully saturated rings. The Bertz CT molecular complexity index is 513. The van der Waals surface area contributed by atoms with Gasteiger partial charge in [-0.3, -0.25) is 0 Å². The van der Waals surface area contributed by atoms with Crippen molar-refractivity contribution >= 4 is 16.9 Å². The molecule has 0 spiro atoms. The second-order valence-electron chi connectivity index (χ2n) is 2.84. The maximum atomic E-state index is 10.5. The molecule has 0 aliphatic rings. The zero-order valence-electron chi connectivity index (χ0n) is 8.10. The van der Waals surface area contributed by atoms with Crippen LogP contribution < -0.4 is 56.5 Å². The topological polar surface area (TPSA) is 73.2 Å². The van der Waals surface area contributed by atoms with Crippen LogP contribution in [0.1, 0.15) is 10.5 Å². The summed E-state index contributed by atoms with van der Waals surface area (Å²) in [6.45, 7) is 0. The van der Waals surface area contributed by atoms with E-state index in [1.165, 1.54) is 6.07 Å². The standard InChI is InChI=1S/C10H7NO3.K/c12-8-5-6-3-1-2-4-7(6)11-9(8)10(13)14;/h1-5,12H,(H,13,14);/q;+1/p-1. The van der Waals surface area contributed by atoms with Crippen molar-refractivity contribution in [3.8, 4) is 5.75 Å². The van der Waals surface area contributed by atoms with Gasteiger partial charge in [0.1, 0.15) is 11.4 Å². The van der Waals surface area contributed by atoms with Crippen LogP contribution in [0.3, 0.4) is 0 Å². The molecule has 1 aromatic heterocycles. The van der Waals surface area contributed by atoms with E-state index in [1.54, 1.807) is 24.3 Å². The van der Waals surface area contributed by atoms with Crippen molar-refractivity contribution in [1.82, 2.24) is 4.98 Å². The maximum absolute atomic E-state index is 10.5. The van der Waals surface area contributed by atoms with E-state index >= 15 is 0 Å². The van der Waals surface area contributed by atoms with Gasteiger partial charge in [-0.25, -0.2) is 4.98 Å². The van der Waals surface area contributed by atoms with Crippen LogP contribution in [0, 0.1) is 0 Å². The number of aromatic nitrogens is 1. The van der Waals surface area contributed by atoms with Crippen molar-refractivity contribution in [3.63, 3.8) is 0 Å². The van der Waals surface area contributed by atoms with Gasteiger partial charge in [0.2, 0.25) is 0 Å². The molecule has 0 saturated carbocycles. The fourth-order valence-electron chi connectivity index (χ4n) is 1.25. The van der Waals surface area contributed by atoms with Crippen LogP contribution in [0.15, 0.2) is 30.3 Å². The molecule has 1 heterocycles. The van der Waals surface area contributed by atoms with Gasteiger partial charge in [0.25, 0.3) is 0 Å². The van der Waals surface area contributed by atoms with Crippen LogP contribution in [0.2, 0.25) is 0 Å². The Balaban J connectivity index is 0.00000112. The summed E-state index contributed by atoms with van der Waals surface area (Å²) in [6, 6.07) is 8.28. The fraction of sp³-hybridized carbons (Fsp3) is 0. The van der Waals surface area contributed by atoms with Crippen LogP contribution in [0.4, 0.5) is 0 Å². The first-order valence-electron chi connectivity index (χ1n) is 3.98. The molecule has 0 saturated heterocycles. The molecule has 0 unspecified atom stereocenters. The molecular formula is C10H6KNO3. The van der Waals surface area contributed by atoms with Crippen molar-refractivity contribution in [1.29, 1.82) is 0 Å².